The van der Waals surface area contributed by atoms with Crippen LogP contribution in [0.15, 0.2) is 54.9 Å². The molecule has 10 heteroatoms. The van der Waals surface area contributed by atoms with E-state index in [1.807, 2.05) is 0 Å². The van der Waals surface area contributed by atoms with E-state index >= 15 is 0 Å². The molecule has 1 aromatic carbocycles. The second-order valence-electron chi connectivity index (χ2n) is 5.71. The molecule has 28 heavy (non-hydrogen) atoms. The molecule has 0 aliphatic heterocycles. The van der Waals surface area contributed by atoms with Crippen LogP contribution in [0.25, 0.3) is 0 Å². The van der Waals surface area contributed by atoms with Crippen LogP contribution in [0.1, 0.15) is 16.1 Å². The van der Waals surface area contributed by atoms with Gasteiger partial charge >= 0.3 is 0 Å². The molecule has 0 spiro atoms. The van der Waals surface area contributed by atoms with Gasteiger partial charge < -0.3 is 16.4 Å². The topological polar surface area (TPSA) is 136 Å². The number of carbonyl (C=O) groups excluding carboxylic acids is 1. The molecule has 0 aliphatic carbocycles. The van der Waals surface area contributed by atoms with E-state index < -0.39 is 16.6 Å². The van der Waals surface area contributed by atoms with Crippen molar-refractivity contribution in [2.45, 2.75) is 6.54 Å². The van der Waals surface area contributed by atoms with Gasteiger partial charge in [-0.2, -0.15) is 0 Å². The van der Waals surface area contributed by atoms with Crippen LogP contribution in [-0.2, 0) is 6.54 Å². The minimum absolute atomic E-state index is 0.00210. The Hall–Kier alpha value is -4.08. The third kappa shape index (κ3) is 4.36. The first-order chi connectivity index (χ1) is 13.4. The first-order valence-electron chi connectivity index (χ1n) is 8.08. The van der Waals surface area contributed by atoms with E-state index in [1.54, 1.807) is 18.3 Å². The molecule has 0 saturated heterocycles. The van der Waals surface area contributed by atoms with E-state index in [0.717, 1.165) is 6.20 Å². The Kier molecular flexibility index (Phi) is 5.40. The van der Waals surface area contributed by atoms with E-state index in [1.165, 1.54) is 30.3 Å². The maximum atomic E-state index is 14.1. The summed E-state index contributed by atoms with van der Waals surface area (Å²) in [5, 5.41) is 16.2. The quantitative estimate of drug-likeness (QED) is 0.440. The van der Waals surface area contributed by atoms with Crippen molar-refractivity contribution in [1.29, 1.82) is 0 Å². The van der Waals surface area contributed by atoms with Gasteiger partial charge in [-0.25, -0.2) is 14.4 Å². The van der Waals surface area contributed by atoms with Crippen molar-refractivity contribution in [3.05, 3.63) is 82.0 Å². The molecule has 142 valence electrons. The van der Waals surface area contributed by atoms with Crippen molar-refractivity contribution in [2.75, 3.05) is 16.4 Å². The summed E-state index contributed by atoms with van der Waals surface area (Å²) in [7, 11) is 0. The first-order valence-corrected chi connectivity index (χ1v) is 8.08. The van der Waals surface area contributed by atoms with Gasteiger partial charge in [0.2, 0.25) is 0 Å². The fraction of sp³-hybridized carbons (Fsp3) is 0.0556. The van der Waals surface area contributed by atoms with E-state index in [0.29, 0.717) is 16.9 Å². The molecule has 2 aromatic heterocycles. The molecular weight excluding hydrogens is 367 g/mol. The van der Waals surface area contributed by atoms with Gasteiger partial charge in [-0.15, -0.1) is 0 Å². The third-order valence-corrected chi connectivity index (χ3v) is 3.80. The van der Waals surface area contributed by atoms with Gasteiger partial charge in [0.15, 0.2) is 0 Å². The maximum absolute atomic E-state index is 14.1. The van der Waals surface area contributed by atoms with Crippen molar-refractivity contribution in [2.24, 2.45) is 0 Å². The van der Waals surface area contributed by atoms with Crippen LogP contribution in [0.3, 0.4) is 0 Å². The SMILES string of the molecule is Nc1ncccc1NCc1cc(NC(=O)c2ccc([N+](=O)[O-])cn2)ccc1F. The summed E-state index contributed by atoms with van der Waals surface area (Å²) in [5.74, 6) is -0.741. The van der Waals surface area contributed by atoms with Gasteiger partial charge in [-0.05, 0) is 36.4 Å². The number of pyridine rings is 2. The Morgan fingerprint density at radius 3 is 2.71 bits per heavy atom. The molecule has 0 unspecified atom stereocenters. The predicted molar refractivity (Wildman–Crippen MR) is 101 cm³/mol. The van der Waals surface area contributed by atoms with Gasteiger partial charge in [0.1, 0.15) is 23.5 Å². The highest BCUT2D eigenvalue weighted by Crippen LogP contribution is 2.19. The predicted octanol–water partition coefficient (Wildman–Crippen LogP) is 2.97. The number of nitrogens with one attached hydrogen (secondary N) is 2. The molecule has 0 aliphatic rings. The van der Waals surface area contributed by atoms with Crippen LogP contribution in [-0.4, -0.2) is 20.8 Å². The van der Waals surface area contributed by atoms with Crippen molar-refractivity contribution in [3.8, 4) is 0 Å². The molecule has 4 N–H and O–H groups in total. The van der Waals surface area contributed by atoms with E-state index in [-0.39, 0.29) is 23.7 Å². The summed E-state index contributed by atoms with van der Waals surface area (Å²) >= 11 is 0. The fourth-order valence-corrected chi connectivity index (χ4v) is 2.37. The molecule has 3 rings (SSSR count). The molecule has 1 amide bonds. The van der Waals surface area contributed by atoms with Crippen LogP contribution in [0.2, 0.25) is 0 Å². The number of nitrogens with two attached hydrogens (primary N) is 1. The van der Waals surface area contributed by atoms with Gasteiger partial charge in [-0.1, -0.05) is 0 Å². The number of benzene rings is 1. The van der Waals surface area contributed by atoms with Crippen molar-refractivity contribution in [3.63, 3.8) is 0 Å². The van der Waals surface area contributed by atoms with Crippen molar-refractivity contribution < 1.29 is 14.1 Å². The molecule has 2 heterocycles. The van der Waals surface area contributed by atoms with E-state index in [4.69, 9.17) is 5.73 Å². The highest BCUT2D eigenvalue weighted by molar-refractivity contribution is 6.02. The Morgan fingerprint density at radius 1 is 1.21 bits per heavy atom. The number of nitrogens with zero attached hydrogens (tertiary/aromatic N) is 3. The van der Waals surface area contributed by atoms with Crippen LogP contribution in [0.5, 0.6) is 0 Å². The zero-order valence-corrected chi connectivity index (χ0v) is 14.4. The lowest BCUT2D eigenvalue weighted by molar-refractivity contribution is -0.385. The summed E-state index contributed by atoms with van der Waals surface area (Å²) in [6.07, 6.45) is 2.54. The summed E-state index contributed by atoms with van der Waals surface area (Å²) in [4.78, 5) is 30.0. The third-order valence-electron chi connectivity index (χ3n) is 3.80. The van der Waals surface area contributed by atoms with E-state index in [9.17, 15) is 19.3 Å². The number of anilines is 3. The minimum atomic E-state index is -0.608. The lowest BCUT2D eigenvalue weighted by Crippen LogP contribution is -2.14. The second-order valence-corrected chi connectivity index (χ2v) is 5.71. The zero-order chi connectivity index (χ0) is 20.1. The summed E-state index contributed by atoms with van der Waals surface area (Å²) < 4.78 is 14.1. The second kappa shape index (κ2) is 8.08. The van der Waals surface area contributed by atoms with Crippen LogP contribution in [0.4, 0.5) is 27.3 Å². The number of nitro groups is 1. The molecular formula is C18H15FN6O3. The first kappa shape index (κ1) is 18.7. The lowest BCUT2D eigenvalue weighted by Gasteiger charge is -2.11. The zero-order valence-electron chi connectivity index (χ0n) is 14.4. The highest BCUT2D eigenvalue weighted by atomic mass is 19.1. The van der Waals surface area contributed by atoms with Gasteiger partial charge in [0.25, 0.3) is 11.6 Å². The molecule has 9 nitrogen and oxygen atoms in total. The normalized spacial score (nSPS) is 10.3. The number of halogens is 1. The number of hydrogen-bond donors (Lipinski definition) is 3. The van der Waals surface area contributed by atoms with Crippen LogP contribution < -0.4 is 16.4 Å². The van der Waals surface area contributed by atoms with Gasteiger partial charge in [0.05, 0.1) is 10.6 Å². The number of nitrogen functional groups attached to an aromatic ring is 1. The molecule has 3 aromatic rings. The minimum Gasteiger partial charge on any atom is -0.382 e. The van der Waals surface area contributed by atoms with E-state index in [2.05, 4.69) is 20.6 Å². The summed E-state index contributed by atoms with van der Waals surface area (Å²) in [6.45, 7) is 0.126. The average molecular weight is 382 g/mol. The molecule has 0 bridgehead atoms. The summed E-state index contributed by atoms with van der Waals surface area (Å²) in [6, 6.07) is 9.93. The Balaban J connectivity index is 1.71. The number of hydrogen-bond acceptors (Lipinski definition) is 7. The largest absolute Gasteiger partial charge is 0.382 e. The molecule has 0 saturated carbocycles. The number of rotatable bonds is 6. The smallest absolute Gasteiger partial charge is 0.287 e. The number of carbonyl (C=O) groups is 1. The van der Waals surface area contributed by atoms with Gasteiger partial charge in [0, 0.05) is 30.1 Å². The monoisotopic (exact) mass is 382 g/mol. The molecule has 0 radical (unpaired) electrons. The standard InChI is InChI=1S/C18H15FN6O3/c19-14-5-3-12(8-11(14)9-22-15-2-1-7-21-17(15)20)24-18(26)16-6-4-13(10-23-16)25(27)28/h1-8,10,22H,9H2,(H2,20,21)(H,24,26). The number of aromatic nitrogens is 2. The Labute approximate surface area is 158 Å². The fourth-order valence-electron chi connectivity index (χ4n) is 2.37. The lowest BCUT2D eigenvalue weighted by atomic mass is 10.1. The Bertz CT molecular complexity index is 1030. The average Bonchev–Trinajstić information content (AvgIpc) is 2.69. The Morgan fingerprint density at radius 2 is 2.04 bits per heavy atom. The maximum Gasteiger partial charge on any atom is 0.287 e. The highest BCUT2D eigenvalue weighted by Gasteiger charge is 2.12. The molecule has 0 fully saturated rings. The number of amides is 1. The molecule has 0 atom stereocenters. The van der Waals surface area contributed by atoms with Crippen LogP contribution >= 0.6 is 0 Å². The van der Waals surface area contributed by atoms with Crippen LogP contribution in [0, 0.1) is 15.9 Å². The van der Waals surface area contributed by atoms with Crippen molar-refractivity contribution in [1.82, 2.24) is 9.97 Å². The van der Waals surface area contributed by atoms with Gasteiger partial charge in [-0.3, -0.25) is 14.9 Å². The summed E-state index contributed by atoms with van der Waals surface area (Å²) in [5.41, 5.74) is 6.73. The van der Waals surface area contributed by atoms with Crippen molar-refractivity contribution >= 4 is 28.8 Å².